The predicted octanol–water partition coefficient (Wildman–Crippen LogP) is 1.95. The zero-order valence-corrected chi connectivity index (χ0v) is 9.87. The van der Waals surface area contributed by atoms with Crippen LogP contribution in [0.2, 0.25) is 0 Å². The SMILES string of the molecule is CC(C)N1CCC(N(C)C2CCC2)C1. The molecule has 0 aromatic carbocycles. The Morgan fingerprint density at radius 2 is 1.86 bits per heavy atom. The van der Waals surface area contributed by atoms with Crippen molar-refractivity contribution in [3.63, 3.8) is 0 Å². The maximum absolute atomic E-state index is 2.64. The largest absolute Gasteiger partial charge is 0.299 e. The molecule has 1 heterocycles. The lowest BCUT2D eigenvalue weighted by Crippen LogP contribution is -2.45. The lowest BCUT2D eigenvalue weighted by atomic mass is 9.91. The van der Waals surface area contributed by atoms with E-state index in [-0.39, 0.29) is 0 Å². The van der Waals surface area contributed by atoms with Gasteiger partial charge in [0.05, 0.1) is 0 Å². The minimum Gasteiger partial charge on any atom is -0.299 e. The van der Waals surface area contributed by atoms with Crippen LogP contribution in [0.5, 0.6) is 0 Å². The molecule has 0 radical (unpaired) electrons. The van der Waals surface area contributed by atoms with E-state index in [1.54, 1.807) is 0 Å². The van der Waals surface area contributed by atoms with Gasteiger partial charge in [0.2, 0.25) is 0 Å². The molecular formula is C12H24N2. The summed E-state index contributed by atoms with van der Waals surface area (Å²) >= 11 is 0. The van der Waals surface area contributed by atoms with Gasteiger partial charge >= 0.3 is 0 Å². The molecule has 0 aromatic heterocycles. The molecule has 2 rings (SSSR count). The van der Waals surface area contributed by atoms with Crippen LogP contribution in [-0.2, 0) is 0 Å². The molecule has 14 heavy (non-hydrogen) atoms. The fourth-order valence-corrected chi connectivity index (χ4v) is 2.66. The number of likely N-dealkylation sites (N-methyl/N-ethyl adjacent to an activating group) is 1. The van der Waals surface area contributed by atoms with Gasteiger partial charge in [0, 0.05) is 31.2 Å². The summed E-state index contributed by atoms with van der Waals surface area (Å²) in [7, 11) is 2.33. The van der Waals surface area contributed by atoms with Crippen LogP contribution in [0, 0.1) is 0 Å². The standard InChI is InChI=1S/C12H24N2/c1-10(2)14-8-7-12(9-14)13(3)11-5-4-6-11/h10-12H,4-9H2,1-3H3. The average Bonchev–Trinajstić information content (AvgIpc) is 2.48. The van der Waals surface area contributed by atoms with Gasteiger partial charge in [-0.15, -0.1) is 0 Å². The summed E-state index contributed by atoms with van der Waals surface area (Å²) in [6.45, 7) is 7.22. The van der Waals surface area contributed by atoms with Crippen molar-refractivity contribution in [2.45, 2.75) is 57.7 Å². The van der Waals surface area contributed by atoms with Crippen molar-refractivity contribution < 1.29 is 0 Å². The first-order valence-electron chi connectivity index (χ1n) is 6.14. The van der Waals surface area contributed by atoms with Crippen LogP contribution in [0.4, 0.5) is 0 Å². The second kappa shape index (κ2) is 4.19. The van der Waals surface area contributed by atoms with Crippen molar-refractivity contribution in [2.24, 2.45) is 0 Å². The predicted molar refractivity (Wildman–Crippen MR) is 60.5 cm³/mol. The molecule has 2 aliphatic rings. The molecule has 1 atom stereocenters. The van der Waals surface area contributed by atoms with Crippen molar-refractivity contribution >= 4 is 0 Å². The summed E-state index contributed by atoms with van der Waals surface area (Å²) in [5.74, 6) is 0. The van der Waals surface area contributed by atoms with Gasteiger partial charge in [0.25, 0.3) is 0 Å². The zero-order valence-electron chi connectivity index (χ0n) is 9.87. The Morgan fingerprint density at radius 3 is 2.29 bits per heavy atom. The number of likely N-dealkylation sites (tertiary alicyclic amines) is 1. The maximum atomic E-state index is 2.64. The van der Waals surface area contributed by atoms with E-state index in [1.807, 2.05) is 0 Å². The average molecular weight is 196 g/mol. The molecule has 1 saturated carbocycles. The molecule has 0 N–H and O–H groups in total. The second-order valence-electron chi connectivity index (χ2n) is 5.28. The Hall–Kier alpha value is -0.0800. The molecule has 0 amide bonds. The third-order valence-corrected chi connectivity index (χ3v) is 4.15. The first-order chi connectivity index (χ1) is 6.68. The van der Waals surface area contributed by atoms with Gasteiger partial charge < -0.3 is 0 Å². The van der Waals surface area contributed by atoms with Crippen LogP contribution in [0.3, 0.4) is 0 Å². The lowest BCUT2D eigenvalue weighted by Gasteiger charge is -2.38. The number of nitrogens with zero attached hydrogens (tertiary/aromatic N) is 2. The normalized spacial score (nSPS) is 30.2. The molecule has 2 fully saturated rings. The van der Waals surface area contributed by atoms with Gasteiger partial charge in [-0.1, -0.05) is 6.42 Å². The Labute approximate surface area is 88.3 Å². The van der Waals surface area contributed by atoms with E-state index in [4.69, 9.17) is 0 Å². The molecule has 1 saturated heterocycles. The first-order valence-corrected chi connectivity index (χ1v) is 6.14. The maximum Gasteiger partial charge on any atom is 0.0235 e. The fourth-order valence-electron chi connectivity index (χ4n) is 2.66. The highest BCUT2D eigenvalue weighted by atomic mass is 15.3. The molecule has 82 valence electrons. The summed E-state index contributed by atoms with van der Waals surface area (Å²) in [6.07, 6.45) is 5.71. The second-order valence-corrected chi connectivity index (χ2v) is 5.28. The Morgan fingerprint density at radius 1 is 1.14 bits per heavy atom. The fraction of sp³-hybridized carbons (Fsp3) is 1.00. The highest BCUT2D eigenvalue weighted by molar-refractivity contribution is 4.89. The van der Waals surface area contributed by atoms with E-state index < -0.39 is 0 Å². The van der Waals surface area contributed by atoms with Crippen LogP contribution < -0.4 is 0 Å². The molecule has 1 aliphatic heterocycles. The van der Waals surface area contributed by atoms with Gasteiger partial charge in [-0.2, -0.15) is 0 Å². The third kappa shape index (κ3) is 1.96. The van der Waals surface area contributed by atoms with E-state index in [0.717, 1.165) is 18.1 Å². The highest BCUT2D eigenvalue weighted by Gasteiger charge is 2.32. The summed E-state index contributed by atoms with van der Waals surface area (Å²) in [4.78, 5) is 5.26. The van der Waals surface area contributed by atoms with Gasteiger partial charge in [0.1, 0.15) is 0 Å². The molecule has 1 unspecified atom stereocenters. The zero-order chi connectivity index (χ0) is 10.1. The number of hydrogen-bond donors (Lipinski definition) is 0. The molecular weight excluding hydrogens is 172 g/mol. The van der Waals surface area contributed by atoms with Crippen LogP contribution in [-0.4, -0.2) is 48.1 Å². The lowest BCUT2D eigenvalue weighted by molar-refractivity contribution is 0.109. The Bertz CT molecular complexity index is 187. The molecule has 2 nitrogen and oxygen atoms in total. The first kappa shape index (κ1) is 10.4. The van der Waals surface area contributed by atoms with Crippen LogP contribution >= 0.6 is 0 Å². The smallest absolute Gasteiger partial charge is 0.0235 e. The summed E-state index contributed by atoms with van der Waals surface area (Å²) in [6, 6.07) is 2.48. The Balaban J connectivity index is 1.82. The van der Waals surface area contributed by atoms with Crippen molar-refractivity contribution in [3.05, 3.63) is 0 Å². The summed E-state index contributed by atoms with van der Waals surface area (Å²) < 4.78 is 0. The van der Waals surface area contributed by atoms with E-state index in [9.17, 15) is 0 Å². The van der Waals surface area contributed by atoms with E-state index in [1.165, 1.54) is 38.8 Å². The number of hydrogen-bond acceptors (Lipinski definition) is 2. The van der Waals surface area contributed by atoms with Gasteiger partial charge in [0.15, 0.2) is 0 Å². The van der Waals surface area contributed by atoms with E-state index in [0.29, 0.717) is 0 Å². The topological polar surface area (TPSA) is 6.48 Å². The van der Waals surface area contributed by atoms with Crippen LogP contribution in [0.15, 0.2) is 0 Å². The molecule has 0 aromatic rings. The highest BCUT2D eigenvalue weighted by Crippen LogP contribution is 2.28. The van der Waals surface area contributed by atoms with E-state index >= 15 is 0 Å². The minimum absolute atomic E-state index is 0.731. The van der Waals surface area contributed by atoms with Gasteiger partial charge in [-0.25, -0.2) is 0 Å². The van der Waals surface area contributed by atoms with Crippen molar-refractivity contribution in [3.8, 4) is 0 Å². The molecule has 1 aliphatic carbocycles. The quantitative estimate of drug-likeness (QED) is 0.681. The van der Waals surface area contributed by atoms with E-state index in [2.05, 4.69) is 30.7 Å². The Kier molecular flexibility index (Phi) is 3.13. The summed E-state index contributed by atoms with van der Waals surface area (Å²) in [5.41, 5.74) is 0. The van der Waals surface area contributed by atoms with Gasteiger partial charge in [-0.05, 0) is 40.2 Å². The van der Waals surface area contributed by atoms with Gasteiger partial charge in [-0.3, -0.25) is 9.80 Å². The molecule has 0 spiro atoms. The monoisotopic (exact) mass is 196 g/mol. The molecule has 0 bridgehead atoms. The third-order valence-electron chi connectivity index (χ3n) is 4.15. The summed E-state index contributed by atoms with van der Waals surface area (Å²) in [5, 5.41) is 0. The van der Waals surface area contributed by atoms with Crippen molar-refractivity contribution in [1.29, 1.82) is 0 Å². The minimum atomic E-state index is 0.731. The van der Waals surface area contributed by atoms with Crippen molar-refractivity contribution in [1.82, 2.24) is 9.80 Å². The molecule has 2 heteroatoms. The van der Waals surface area contributed by atoms with Crippen molar-refractivity contribution in [2.75, 3.05) is 20.1 Å². The van der Waals surface area contributed by atoms with Crippen LogP contribution in [0.25, 0.3) is 0 Å². The number of rotatable bonds is 3. The van der Waals surface area contributed by atoms with Crippen LogP contribution in [0.1, 0.15) is 39.5 Å².